The van der Waals surface area contributed by atoms with E-state index in [1.807, 2.05) is 12.3 Å². The smallest absolute Gasteiger partial charge is 0.0723 e. The van der Waals surface area contributed by atoms with Gasteiger partial charge >= 0.3 is 0 Å². The van der Waals surface area contributed by atoms with Gasteiger partial charge in [-0.05, 0) is 24.3 Å². The Labute approximate surface area is 120 Å². The molecule has 0 unspecified atom stereocenters. The third-order valence-corrected chi connectivity index (χ3v) is 4.48. The Hall–Kier alpha value is -1.61. The maximum Gasteiger partial charge on any atom is 0.0723 e. The molecule has 20 heavy (non-hydrogen) atoms. The predicted octanol–water partition coefficient (Wildman–Crippen LogP) is 3.32. The van der Waals surface area contributed by atoms with Gasteiger partial charge in [0.05, 0.1) is 11.2 Å². The highest BCUT2D eigenvalue weighted by atomic mass is 15.1. The van der Waals surface area contributed by atoms with E-state index in [0.29, 0.717) is 12.0 Å². The molecule has 106 valence electrons. The number of piperidine rings is 1. The number of anilines is 1. The predicted molar refractivity (Wildman–Crippen MR) is 84.9 cm³/mol. The van der Waals surface area contributed by atoms with Gasteiger partial charge in [-0.15, -0.1) is 0 Å². The second kappa shape index (κ2) is 5.06. The van der Waals surface area contributed by atoms with Gasteiger partial charge in [-0.25, -0.2) is 0 Å². The standard InChI is InChI=1S/C17H23N3/c1-17(2)7-9-20(10-8-17)16-13(11-18)12-19-15-6-4-3-5-14(15)16/h3-6,12H,7-11,18H2,1-2H3. The summed E-state index contributed by atoms with van der Waals surface area (Å²) in [4.78, 5) is 7.03. The molecular formula is C17H23N3. The average Bonchev–Trinajstić information content (AvgIpc) is 2.46. The highest BCUT2D eigenvalue weighted by Crippen LogP contribution is 2.36. The number of fused-ring (bicyclic) bond motifs is 1. The molecule has 3 rings (SSSR count). The van der Waals surface area contributed by atoms with Gasteiger partial charge in [-0.2, -0.15) is 0 Å². The van der Waals surface area contributed by atoms with Crippen LogP contribution in [0, 0.1) is 5.41 Å². The Bertz CT molecular complexity index is 609. The van der Waals surface area contributed by atoms with Crippen LogP contribution in [0.15, 0.2) is 30.5 Å². The van der Waals surface area contributed by atoms with Crippen LogP contribution in [0.2, 0.25) is 0 Å². The maximum absolute atomic E-state index is 5.93. The van der Waals surface area contributed by atoms with Crippen LogP contribution in [0.3, 0.4) is 0 Å². The molecule has 1 aliphatic heterocycles. The molecular weight excluding hydrogens is 246 g/mol. The number of benzene rings is 1. The highest BCUT2D eigenvalue weighted by molar-refractivity contribution is 5.93. The van der Waals surface area contributed by atoms with E-state index in [2.05, 4.69) is 41.9 Å². The molecule has 1 fully saturated rings. The first-order chi connectivity index (χ1) is 9.61. The van der Waals surface area contributed by atoms with Crippen molar-refractivity contribution in [1.29, 1.82) is 0 Å². The van der Waals surface area contributed by atoms with E-state index in [4.69, 9.17) is 5.73 Å². The summed E-state index contributed by atoms with van der Waals surface area (Å²) >= 11 is 0. The number of hydrogen-bond donors (Lipinski definition) is 1. The molecule has 0 bridgehead atoms. The third kappa shape index (κ3) is 2.38. The fourth-order valence-corrected chi connectivity index (χ4v) is 3.03. The minimum absolute atomic E-state index is 0.461. The number of nitrogens with two attached hydrogens (primary N) is 1. The first-order valence-electron chi connectivity index (χ1n) is 7.42. The molecule has 0 aliphatic carbocycles. The van der Waals surface area contributed by atoms with Crippen LogP contribution in [-0.4, -0.2) is 18.1 Å². The molecule has 0 saturated carbocycles. The Morgan fingerprint density at radius 1 is 1.20 bits per heavy atom. The van der Waals surface area contributed by atoms with Crippen LogP contribution in [-0.2, 0) is 6.54 Å². The molecule has 1 saturated heterocycles. The van der Waals surface area contributed by atoms with Gasteiger partial charge in [-0.3, -0.25) is 4.98 Å². The topological polar surface area (TPSA) is 42.1 Å². The summed E-state index contributed by atoms with van der Waals surface area (Å²) in [6.45, 7) is 7.48. The van der Waals surface area contributed by atoms with Gasteiger partial charge < -0.3 is 10.6 Å². The van der Waals surface area contributed by atoms with Gasteiger partial charge in [-0.1, -0.05) is 32.0 Å². The SMILES string of the molecule is CC1(C)CCN(c2c(CN)cnc3ccccc23)CC1. The second-order valence-corrected chi connectivity index (χ2v) is 6.50. The lowest BCUT2D eigenvalue weighted by Gasteiger charge is -2.39. The number of aromatic nitrogens is 1. The van der Waals surface area contributed by atoms with E-state index in [0.717, 1.165) is 24.2 Å². The largest absolute Gasteiger partial charge is 0.371 e. The lowest BCUT2D eigenvalue weighted by molar-refractivity contribution is 0.280. The van der Waals surface area contributed by atoms with Crippen LogP contribution < -0.4 is 10.6 Å². The average molecular weight is 269 g/mol. The molecule has 3 nitrogen and oxygen atoms in total. The number of pyridine rings is 1. The van der Waals surface area contributed by atoms with Crippen LogP contribution >= 0.6 is 0 Å². The molecule has 2 heterocycles. The molecule has 3 heteroatoms. The monoisotopic (exact) mass is 269 g/mol. The Balaban J connectivity index is 2.05. The summed E-state index contributed by atoms with van der Waals surface area (Å²) in [6.07, 6.45) is 4.40. The lowest BCUT2D eigenvalue weighted by atomic mass is 9.82. The zero-order chi connectivity index (χ0) is 14.2. The molecule has 0 radical (unpaired) electrons. The fourth-order valence-electron chi connectivity index (χ4n) is 3.03. The quantitative estimate of drug-likeness (QED) is 0.909. The van der Waals surface area contributed by atoms with Gasteiger partial charge in [0.15, 0.2) is 0 Å². The number of nitrogens with zero attached hydrogens (tertiary/aromatic N) is 2. The number of hydrogen-bond acceptors (Lipinski definition) is 3. The summed E-state index contributed by atoms with van der Waals surface area (Å²) in [5.74, 6) is 0. The van der Waals surface area contributed by atoms with Crippen molar-refractivity contribution in [3.8, 4) is 0 Å². The van der Waals surface area contributed by atoms with E-state index in [1.165, 1.54) is 23.9 Å². The molecule has 2 aromatic rings. The third-order valence-electron chi connectivity index (χ3n) is 4.48. The lowest BCUT2D eigenvalue weighted by Crippen LogP contribution is -2.38. The van der Waals surface area contributed by atoms with Crippen molar-refractivity contribution in [3.05, 3.63) is 36.0 Å². The minimum atomic E-state index is 0.461. The van der Waals surface area contributed by atoms with Crippen LogP contribution in [0.25, 0.3) is 10.9 Å². The second-order valence-electron chi connectivity index (χ2n) is 6.50. The van der Waals surface area contributed by atoms with Crippen molar-refractivity contribution in [2.75, 3.05) is 18.0 Å². The molecule has 1 aromatic heterocycles. The van der Waals surface area contributed by atoms with Gasteiger partial charge in [0, 0.05) is 36.8 Å². The van der Waals surface area contributed by atoms with Crippen LogP contribution in [0.1, 0.15) is 32.3 Å². The summed E-state index contributed by atoms with van der Waals surface area (Å²) in [5, 5.41) is 1.23. The molecule has 0 atom stereocenters. The summed E-state index contributed by atoms with van der Waals surface area (Å²) < 4.78 is 0. The van der Waals surface area contributed by atoms with Crippen molar-refractivity contribution in [2.24, 2.45) is 11.1 Å². The van der Waals surface area contributed by atoms with E-state index in [9.17, 15) is 0 Å². The van der Waals surface area contributed by atoms with E-state index < -0.39 is 0 Å². The molecule has 0 spiro atoms. The highest BCUT2D eigenvalue weighted by Gasteiger charge is 2.27. The summed E-state index contributed by atoms with van der Waals surface area (Å²) in [6, 6.07) is 8.37. The molecule has 2 N–H and O–H groups in total. The van der Waals surface area contributed by atoms with E-state index >= 15 is 0 Å². The number of rotatable bonds is 2. The molecule has 1 aliphatic rings. The van der Waals surface area contributed by atoms with Crippen LogP contribution in [0.5, 0.6) is 0 Å². The van der Waals surface area contributed by atoms with Crippen molar-refractivity contribution < 1.29 is 0 Å². The number of para-hydroxylation sites is 1. The van der Waals surface area contributed by atoms with Crippen molar-refractivity contribution in [2.45, 2.75) is 33.2 Å². The van der Waals surface area contributed by atoms with Crippen molar-refractivity contribution in [1.82, 2.24) is 4.98 Å². The van der Waals surface area contributed by atoms with Gasteiger partial charge in [0.2, 0.25) is 0 Å². The Kier molecular flexibility index (Phi) is 3.38. The first kappa shape index (κ1) is 13.4. The van der Waals surface area contributed by atoms with Gasteiger partial charge in [0.25, 0.3) is 0 Å². The molecule has 0 amide bonds. The van der Waals surface area contributed by atoms with E-state index in [-0.39, 0.29) is 0 Å². The van der Waals surface area contributed by atoms with Crippen molar-refractivity contribution >= 4 is 16.6 Å². The Morgan fingerprint density at radius 3 is 2.60 bits per heavy atom. The maximum atomic E-state index is 5.93. The molecule has 1 aromatic carbocycles. The first-order valence-corrected chi connectivity index (χ1v) is 7.42. The zero-order valence-corrected chi connectivity index (χ0v) is 12.4. The zero-order valence-electron chi connectivity index (χ0n) is 12.4. The minimum Gasteiger partial charge on any atom is -0.371 e. The van der Waals surface area contributed by atoms with Crippen molar-refractivity contribution in [3.63, 3.8) is 0 Å². The van der Waals surface area contributed by atoms with E-state index in [1.54, 1.807) is 0 Å². The summed E-state index contributed by atoms with van der Waals surface area (Å²) in [7, 11) is 0. The summed E-state index contributed by atoms with van der Waals surface area (Å²) in [5.41, 5.74) is 9.91. The Morgan fingerprint density at radius 2 is 1.90 bits per heavy atom. The van der Waals surface area contributed by atoms with Gasteiger partial charge in [0.1, 0.15) is 0 Å². The fraction of sp³-hybridized carbons (Fsp3) is 0.471. The van der Waals surface area contributed by atoms with Crippen LogP contribution in [0.4, 0.5) is 5.69 Å². The normalized spacial score (nSPS) is 18.4.